The van der Waals surface area contributed by atoms with Gasteiger partial charge in [-0.05, 0) is 25.0 Å². The van der Waals surface area contributed by atoms with Crippen LogP contribution in [0.3, 0.4) is 0 Å². The van der Waals surface area contributed by atoms with Crippen LogP contribution in [0.4, 0.5) is 5.82 Å². The summed E-state index contributed by atoms with van der Waals surface area (Å²) in [5.74, 6) is 0.173. The van der Waals surface area contributed by atoms with Crippen LogP contribution in [0.1, 0.15) is 31.3 Å². The van der Waals surface area contributed by atoms with Crippen LogP contribution in [0.5, 0.6) is 0 Å². The van der Waals surface area contributed by atoms with Gasteiger partial charge in [-0.2, -0.15) is 0 Å². The molecular weight excluding hydrogens is 266 g/mol. The van der Waals surface area contributed by atoms with Crippen LogP contribution in [0.2, 0.25) is 5.02 Å². The zero-order chi connectivity index (χ0) is 14.4. The van der Waals surface area contributed by atoms with Crippen LogP contribution in [-0.4, -0.2) is 30.1 Å². The molecule has 1 rings (SSSR count). The van der Waals surface area contributed by atoms with Gasteiger partial charge in [0.05, 0.1) is 17.7 Å². The molecule has 6 heteroatoms. The Balaban J connectivity index is 2.78. The summed E-state index contributed by atoms with van der Waals surface area (Å²) in [4.78, 5) is 16.1. The number of hydrogen-bond acceptors (Lipinski definition) is 4. The molecule has 19 heavy (non-hydrogen) atoms. The minimum Gasteiger partial charge on any atom is -0.384 e. The van der Waals surface area contributed by atoms with E-state index in [4.69, 9.17) is 22.1 Å². The van der Waals surface area contributed by atoms with Crippen molar-refractivity contribution < 1.29 is 9.53 Å². The number of nitrogens with zero attached hydrogens (tertiary/aromatic N) is 1. The second kappa shape index (κ2) is 7.31. The molecule has 1 aromatic rings. The summed E-state index contributed by atoms with van der Waals surface area (Å²) >= 11 is 5.95. The number of anilines is 1. The summed E-state index contributed by atoms with van der Waals surface area (Å²) < 4.78 is 5.35. The average molecular weight is 286 g/mol. The van der Waals surface area contributed by atoms with Crippen molar-refractivity contribution in [1.82, 2.24) is 10.3 Å². The van der Waals surface area contributed by atoms with Crippen LogP contribution in [0.15, 0.2) is 12.1 Å². The Hall–Kier alpha value is -1.33. The van der Waals surface area contributed by atoms with Crippen molar-refractivity contribution in [2.24, 2.45) is 5.92 Å². The molecule has 0 saturated heterocycles. The summed E-state index contributed by atoms with van der Waals surface area (Å²) in [7, 11) is 0. The van der Waals surface area contributed by atoms with E-state index in [2.05, 4.69) is 10.3 Å². The van der Waals surface area contributed by atoms with Crippen LogP contribution >= 0.6 is 11.6 Å². The van der Waals surface area contributed by atoms with Crippen molar-refractivity contribution >= 4 is 23.3 Å². The van der Waals surface area contributed by atoms with E-state index in [1.807, 2.05) is 20.8 Å². The Morgan fingerprint density at radius 2 is 2.21 bits per heavy atom. The van der Waals surface area contributed by atoms with E-state index in [0.717, 1.165) is 0 Å². The standard InChI is InChI=1S/C13H20ClN3O2/c1-4-19-7-10(8(2)3)16-13(18)12-9(14)5-6-11(15)17-12/h5-6,8,10H,4,7H2,1-3H3,(H2,15,17)(H,16,18). The van der Waals surface area contributed by atoms with Crippen molar-refractivity contribution in [3.8, 4) is 0 Å². The number of nitrogen functional groups attached to an aromatic ring is 1. The topological polar surface area (TPSA) is 77.2 Å². The van der Waals surface area contributed by atoms with Crippen LogP contribution in [-0.2, 0) is 4.74 Å². The highest BCUT2D eigenvalue weighted by Crippen LogP contribution is 2.15. The van der Waals surface area contributed by atoms with E-state index in [-0.39, 0.29) is 34.4 Å². The number of pyridine rings is 1. The molecule has 0 radical (unpaired) electrons. The molecule has 0 saturated carbocycles. The first kappa shape index (κ1) is 15.7. The highest BCUT2D eigenvalue weighted by molar-refractivity contribution is 6.33. The number of nitrogens with one attached hydrogen (secondary N) is 1. The van der Waals surface area contributed by atoms with Crippen molar-refractivity contribution in [2.45, 2.75) is 26.8 Å². The highest BCUT2D eigenvalue weighted by Gasteiger charge is 2.20. The number of carbonyl (C=O) groups excluding carboxylic acids is 1. The van der Waals surface area contributed by atoms with E-state index < -0.39 is 0 Å². The molecule has 1 atom stereocenters. The molecule has 1 heterocycles. The van der Waals surface area contributed by atoms with Crippen molar-refractivity contribution in [1.29, 1.82) is 0 Å². The summed E-state index contributed by atoms with van der Waals surface area (Å²) in [6, 6.07) is 3.03. The number of carbonyl (C=O) groups is 1. The van der Waals surface area contributed by atoms with Crippen LogP contribution in [0.25, 0.3) is 0 Å². The largest absolute Gasteiger partial charge is 0.384 e. The number of halogens is 1. The van der Waals surface area contributed by atoms with Crippen molar-refractivity contribution in [2.75, 3.05) is 18.9 Å². The molecule has 0 aliphatic heterocycles. The third kappa shape index (κ3) is 4.69. The summed E-state index contributed by atoms with van der Waals surface area (Å²) in [5.41, 5.74) is 5.70. The summed E-state index contributed by atoms with van der Waals surface area (Å²) in [5, 5.41) is 3.15. The zero-order valence-electron chi connectivity index (χ0n) is 11.4. The van der Waals surface area contributed by atoms with E-state index in [9.17, 15) is 4.79 Å². The monoisotopic (exact) mass is 285 g/mol. The van der Waals surface area contributed by atoms with E-state index >= 15 is 0 Å². The minimum atomic E-state index is -0.337. The van der Waals surface area contributed by atoms with Gasteiger partial charge in [0.15, 0.2) is 0 Å². The Morgan fingerprint density at radius 3 is 2.79 bits per heavy atom. The molecule has 5 nitrogen and oxygen atoms in total. The number of aromatic nitrogens is 1. The normalized spacial score (nSPS) is 12.5. The lowest BCUT2D eigenvalue weighted by molar-refractivity contribution is 0.0802. The first-order valence-electron chi connectivity index (χ1n) is 6.26. The molecule has 0 aliphatic rings. The van der Waals surface area contributed by atoms with Crippen molar-refractivity contribution in [3.63, 3.8) is 0 Å². The van der Waals surface area contributed by atoms with Gasteiger partial charge in [0.25, 0.3) is 5.91 Å². The van der Waals surface area contributed by atoms with Gasteiger partial charge in [0.2, 0.25) is 0 Å². The average Bonchev–Trinajstić information content (AvgIpc) is 2.36. The second-order valence-corrected chi connectivity index (χ2v) is 4.96. The van der Waals surface area contributed by atoms with Gasteiger partial charge in [-0.15, -0.1) is 0 Å². The predicted octanol–water partition coefficient (Wildman–Crippen LogP) is 2.11. The van der Waals surface area contributed by atoms with E-state index in [1.165, 1.54) is 0 Å². The van der Waals surface area contributed by atoms with E-state index in [1.54, 1.807) is 12.1 Å². The quantitative estimate of drug-likeness (QED) is 0.839. The fourth-order valence-electron chi connectivity index (χ4n) is 1.50. The molecule has 3 N–H and O–H groups in total. The van der Waals surface area contributed by atoms with E-state index in [0.29, 0.717) is 13.2 Å². The third-order valence-electron chi connectivity index (χ3n) is 2.71. The predicted molar refractivity (Wildman–Crippen MR) is 76.2 cm³/mol. The van der Waals surface area contributed by atoms with Gasteiger partial charge < -0.3 is 15.8 Å². The molecule has 0 fully saturated rings. The molecule has 0 spiro atoms. The maximum absolute atomic E-state index is 12.1. The number of hydrogen-bond donors (Lipinski definition) is 2. The van der Waals surface area contributed by atoms with Crippen LogP contribution in [0, 0.1) is 5.92 Å². The number of amides is 1. The Morgan fingerprint density at radius 1 is 1.53 bits per heavy atom. The highest BCUT2D eigenvalue weighted by atomic mass is 35.5. The molecule has 0 aromatic carbocycles. The molecule has 0 bridgehead atoms. The lowest BCUT2D eigenvalue weighted by atomic mass is 10.1. The SMILES string of the molecule is CCOCC(NC(=O)c1nc(N)ccc1Cl)C(C)C. The van der Waals surface area contributed by atoms with Crippen LogP contribution < -0.4 is 11.1 Å². The first-order chi connectivity index (χ1) is 8.95. The number of nitrogens with two attached hydrogens (primary N) is 1. The maximum atomic E-state index is 12.1. The number of ether oxygens (including phenoxy) is 1. The van der Waals surface area contributed by atoms with Gasteiger partial charge in [-0.25, -0.2) is 4.98 Å². The lowest BCUT2D eigenvalue weighted by Gasteiger charge is -2.22. The van der Waals surface area contributed by atoms with Gasteiger partial charge in [0.1, 0.15) is 11.5 Å². The molecule has 106 valence electrons. The Bertz CT molecular complexity index is 438. The fraction of sp³-hybridized carbons (Fsp3) is 0.538. The van der Waals surface area contributed by atoms with Gasteiger partial charge in [-0.3, -0.25) is 4.79 Å². The molecular formula is C13H20ClN3O2. The third-order valence-corrected chi connectivity index (χ3v) is 3.01. The van der Waals surface area contributed by atoms with Gasteiger partial charge in [0, 0.05) is 6.61 Å². The minimum absolute atomic E-state index is 0.0910. The molecule has 0 aliphatic carbocycles. The van der Waals surface area contributed by atoms with Gasteiger partial charge in [-0.1, -0.05) is 25.4 Å². The second-order valence-electron chi connectivity index (χ2n) is 4.55. The zero-order valence-corrected chi connectivity index (χ0v) is 12.2. The summed E-state index contributed by atoms with van der Waals surface area (Å²) in [6.45, 7) is 7.00. The number of rotatable bonds is 6. The maximum Gasteiger partial charge on any atom is 0.271 e. The Labute approximate surface area is 118 Å². The van der Waals surface area contributed by atoms with Gasteiger partial charge >= 0.3 is 0 Å². The fourth-order valence-corrected chi connectivity index (χ4v) is 1.69. The molecule has 1 aromatic heterocycles. The molecule has 1 unspecified atom stereocenters. The summed E-state index contributed by atoms with van der Waals surface area (Å²) in [6.07, 6.45) is 0. The van der Waals surface area contributed by atoms with Crippen molar-refractivity contribution in [3.05, 3.63) is 22.8 Å². The molecule has 1 amide bonds. The smallest absolute Gasteiger partial charge is 0.271 e. The lowest BCUT2D eigenvalue weighted by Crippen LogP contribution is -2.42. The first-order valence-corrected chi connectivity index (χ1v) is 6.64. The Kier molecular flexibility index (Phi) is 6.05.